The molecular weight excluding hydrogens is 270 g/mol. The summed E-state index contributed by atoms with van der Waals surface area (Å²) in [6.45, 7) is 3.31. The number of nitrogens with zero attached hydrogens (tertiary/aromatic N) is 2. The summed E-state index contributed by atoms with van der Waals surface area (Å²) in [5.41, 5.74) is 1.59. The third-order valence-corrected chi connectivity index (χ3v) is 3.69. The van der Waals surface area contributed by atoms with Gasteiger partial charge >= 0.3 is 0 Å². The topological polar surface area (TPSA) is 76.5 Å². The molecule has 0 saturated carbocycles. The van der Waals surface area contributed by atoms with E-state index in [4.69, 9.17) is 9.47 Å². The molecule has 0 unspecified atom stereocenters. The molecule has 0 bridgehead atoms. The monoisotopic (exact) mass is 289 g/mol. The number of rotatable bonds is 3. The van der Waals surface area contributed by atoms with Gasteiger partial charge in [-0.2, -0.15) is 4.98 Å². The Morgan fingerprint density at radius 2 is 2.05 bits per heavy atom. The number of ether oxygens (including phenoxy) is 2. The van der Waals surface area contributed by atoms with Crippen molar-refractivity contribution in [3.63, 3.8) is 0 Å². The number of anilines is 1. The zero-order valence-electron chi connectivity index (χ0n) is 12.2. The highest BCUT2D eigenvalue weighted by Crippen LogP contribution is 2.33. The van der Waals surface area contributed by atoms with Crippen LogP contribution in [0.1, 0.15) is 18.7 Å². The van der Waals surface area contributed by atoms with E-state index in [0.717, 1.165) is 31.7 Å². The van der Waals surface area contributed by atoms with E-state index < -0.39 is 0 Å². The second-order valence-electron chi connectivity index (χ2n) is 5.20. The highest BCUT2D eigenvalue weighted by atomic mass is 16.5. The third-order valence-electron chi connectivity index (χ3n) is 3.69. The molecule has 0 radical (unpaired) electrons. The molecule has 3 rings (SSSR count). The number of nitrogens with one attached hydrogen (secondary N) is 1. The zero-order valence-corrected chi connectivity index (χ0v) is 12.2. The molecule has 1 fully saturated rings. The molecule has 21 heavy (non-hydrogen) atoms. The van der Waals surface area contributed by atoms with E-state index in [-0.39, 0.29) is 5.88 Å². The molecular formula is C15H19N3O3. The number of aromatic nitrogens is 2. The Labute approximate surface area is 123 Å². The van der Waals surface area contributed by atoms with Gasteiger partial charge in [0.2, 0.25) is 5.88 Å². The molecule has 0 aliphatic carbocycles. The Bertz CT molecular complexity index is 654. The summed E-state index contributed by atoms with van der Waals surface area (Å²) in [7, 11) is 1.61. The number of hydrogen-bond donors (Lipinski definition) is 2. The Morgan fingerprint density at radius 3 is 2.76 bits per heavy atom. The van der Waals surface area contributed by atoms with E-state index in [0.29, 0.717) is 28.5 Å². The van der Waals surface area contributed by atoms with Gasteiger partial charge in [-0.25, -0.2) is 4.98 Å². The lowest BCUT2D eigenvalue weighted by Crippen LogP contribution is -2.28. The second kappa shape index (κ2) is 5.73. The highest BCUT2D eigenvalue weighted by Gasteiger charge is 2.17. The standard InChI is InChI=1S/C15H19N3O3/c1-9-16-12-8-13(18-10-3-5-21-6-4-10)14(20-2)7-11(12)15(19)17-9/h7-8,10,18H,3-6H2,1-2H3,(H,16,17,19). The maximum Gasteiger partial charge on any atom is 0.222 e. The number of aromatic hydroxyl groups is 1. The molecule has 6 nitrogen and oxygen atoms in total. The molecule has 1 aliphatic heterocycles. The van der Waals surface area contributed by atoms with Gasteiger partial charge in [0.05, 0.1) is 23.7 Å². The molecule has 2 N–H and O–H groups in total. The first-order valence-corrected chi connectivity index (χ1v) is 7.07. The lowest BCUT2D eigenvalue weighted by atomic mass is 10.1. The van der Waals surface area contributed by atoms with Crippen molar-refractivity contribution in [3.8, 4) is 11.6 Å². The average molecular weight is 289 g/mol. The average Bonchev–Trinajstić information content (AvgIpc) is 2.47. The SMILES string of the molecule is COc1cc2c(O)nc(C)nc2cc1NC1CCOCC1. The number of hydrogen-bond acceptors (Lipinski definition) is 6. The minimum atomic E-state index is -0.0200. The van der Waals surface area contributed by atoms with Crippen LogP contribution in [0.25, 0.3) is 10.9 Å². The predicted octanol–water partition coefficient (Wildman–Crippen LogP) is 2.24. The normalized spacial score (nSPS) is 16.1. The van der Waals surface area contributed by atoms with Gasteiger partial charge in [-0.05, 0) is 31.9 Å². The number of aryl methyl sites for hydroxylation is 1. The molecule has 0 amide bonds. The fourth-order valence-corrected chi connectivity index (χ4v) is 2.60. The Balaban J connectivity index is 2.00. The number of fused-ring (bicyclic) bond motifs is 1. The third kappa shape index (κ3) is 2.85. The van der Waals surface area contributed by atoms with E-state index in [9.17, 15) is 5.11 Å². The smallest absolute Gasteiger partial charge is 0.222 e. The van der Waals surface area contributed by atoms with Crippen molar-refractivity contribution in [3.05, 3.63) is 18.0 Å². The van der Waals surface area contributed by atoms with Crippen LogP contribution in [0.4, 0.5) is 5.69 Å². The van der Waals surface area contributed by atoms with Crippen molar-refractivity contribution < 1.29 is 14.6 Å². The van der Waals surface area contributed by atoms with Crippen LogP contribution < -0.4 is 10.1 Å². The highest BCUT2D eigenvalue weighted by molar-refractivity contribution is 5.89. The Kier molecular flexibility index (Phi) is 3.79. The van der Waals surface area contributed by atoms with Gasteiger partial charge in [0, 0.05) is 19.3 Å². The lowest BCUT2D eigenvalue weighted by Gasteiger charge is -2.25. The maximum absolute atomic E-state index is 9.94. The molecule has 112 valence electrons. The van der Waals surface area contributed by atoms with Crippen LogP contribution in [0.5, 0.6) is 11.6 Å². The van der Waals surface area contributed by atoms with Crippen LogP contribution in [-0.4, -0.2) is 41.4 Å². The fourth-order valence-electron chi connectivity index (χ4n) is 2.60. The molecule has 0 spiro atoms. The van der Waals surface area contributed by atoms with Crippen LogP contribution >= 0.6 is 0 Å². The molecule has 2 heterocycles. The van der Waals surface area contributed by atoms with Gasteiger partial charge in [-0.15, -0.1) is 0 Å². The quantitative estimate of drug-likeness (QED) is 0.902. The van der Waals surface area contributed by atoms with E-state index in [1.54, 1.807) is 20.1 Å². The molecule has 2 aromatic rings. The van der Waals surface area contributed by atoms with Crippen molar-refractivity contribution in [2.75, 3.05) is 25.6 Å². The minimum Gasteiger partial charge on any atom is -0.495 e. The van der Waals surface area contributed by atoms with E-state index in [1.165, 1.54) is 0 Å². The van der Waals surface area contributed by atoms with E-state index >= 15 is 0 Å². The number of methoxy groups -OCH3 is 1. The van der Waals surface area contributed by atoms with Gasteiger partial charge in [-0.1, -0.05) is 0 Å². The summed E-state index contributed by atoms with van der Waals surface area (Å²) in [6.07, 6.45) is 1.94. The maximum atomic E-state index is 9.94. The first kappa shape index (κ1) is 13.9. The summed E-state index contributed by atoms with van der Waals surface area (Å²) in [6, 6.07) is 4.03. The van der Waals surface area contributed by atoms with Gasteiger partial charge in [-0.3, -0.25) is 0 Å². The molecule has 1 aromatic heterocycles. The summed E-state index contributed by atoms with van der Waals surface area (Å²) < 4.78 is 10.8. The van der Waals surface area contributed by atoms with E-state index in [1.807, 2.05) is 6.07 Å². The van der Waals surface area contributed by atoms with Crippen LogP contribution in [0, 0.1) is 6.92 Å². The summed E-state index contributed by atoms with van der Waals surface area (Å²) >= 11 is 0. The van der Waals surface area contributed by atoms with Gasteiger partial charge < -0.3 is 19.9 Å². The van der Waals surface area contributed by atoms with Gasteiger partial charge in [0.15, 0.2) is 0 Å². The van der Waals surface area contributed by atoms with Crippen molar-refractivity contribution in [2.45, 2.75) is 25.8 Å². The van der Waals surface area contributed by atoms with E-state index in [2.05, 4.69) is 15.3 Å². The van der Waals surface area contributed by atoms with Crippen molar-refractivity contribution in [1.29, 1.82) is 0 Å². The minimum absolute atomic E-state index is 0.0200. The lowest BCUT2D eigenvalue weighted by molar-refractivity contribution is 0.0904. The predicted molar refractivity (Wildman–Crippen MR) is 80.0 cm³/mol. The second-order valence-corrected chi connectivity index (χ2v) is 5.20. The molecule has 1 aromatic carbocycles. The van der Waals surface area contributed by atoms with Crippen molar-refractivity contribution in [1.82, 2.24) is 9.97 Å². The van der Waals surface area contributed by atoms with Gasteiger partial charge in [0.25, 0.3) is 0 Å². The molecule has 0 atom stereocenters. The Morgan fingerprint density at radius 1 is 1.29 bits per heavy atom. The van der Waals surface area contributed by atoms with Gasteiger partial charge in [0.1, 0.15) is 11.6 Å². The van der Waals surface area contributed by atoms with Crippen molar-refractivity contribution in [2.24, 2.45) is 0 Å². The van der Waals surface area contributed by atoms with Crippen LogP contribution in [0.3, 0.4) is 0 Å². The van der Waals surface area contributed by atoms with Crippen LogP contribution in [0.2, 0.25) is 0 Å². The Hall–Kier alpha value is -2.08. The number of benzene rings is 1. The van der Waals surface area contributed by atoms with Crippen LogP contribution in [0.15, 0.2) is 12.1 Å². The zero-order chi connectivity index (χ0) is 14.8. The first-order chi connectivity index (χ1) is 10.2. The summed E-state index contributed by atoms with van der Waals surface area (Å²) in [4.78, 5) is 8.35. The molecule has 1 aliphatic rings. The summed E-state index contributed by atoms with van der Waals surface area (Å²) in [5.74, 6) is 1.20. The largest absolute Gasteiger partial charge is 0.495 e. The fraction of sp³-hybridized carbons (Fsp3) is 0.467. The first-order valence-electron chi connectivity index (χ1n) is 7.07. The molecule has 6 heteroatoms. The molecule has 1 saturated heterocycles. The van der Waals surface area contributed by atoms with Crippen LogP contribution in [-0.2, 0) is 4.74 Å². The van der Waals surface area contributed by atoms with Crippen molar-refractivity contribution >= 4 is 16.6 Å². The summed E-state index contributed by atoms with van der Waals surface area (Å²) in [5, 5.41) is 14.0.